The van der Waals surface area contributed by atoms with E-state index >= 15 is 0 Å². The molecule has 0 radical (unpaired) electrons. The lowest BCUT2D eigenvalue weighted by Crippen LogP contribution is -2.44. The minimum absolute atomic E-state index is 0.0277. The Kier molecular flexibility index (Phi) is 7.02. The number of nitrogens with one attached hydrogen (secondary N) is 1. The zero-order valence-corrected chi connectivity index (χ0v) is 15.7. The Balaban J connectivity index is 2.01. The number of amides is 2. The van der Waals surface area contributed by atoms with Crippen LogP contribution in [0, 0.1) is 5.92 Å². The van der Waals surface area contributed by atoms with Crippen LogP contribution in [0.3, 0.4) is 0 Å². The van der Waals surface area contributed by atoms with E-state index in [0.29, 0.717) is 18.0 Å². The van der Waals surface area contributed by atoms with E-state index in [1.54, 1.807) is 6.20 Å². The fourth-order valence-electron chi connectivity index (χ4n) is 2.99. The molecule has 0 aliphatic carbocycles. The summed E-state index contributed by atoms with van der Waals surface area (Å²) in [4.78, 5) is 33.7. The minimum Gasteiger partial charge on any atom is -0.351 e. The SMILES string of the molecule is CCCNC(=O)c1cnc(N2CCCC(C(=O)N(CC)CC)C2)s1. The first-order valence-corrected chi connectivity index (χ1v) is 9.70. The second kappa shape index (κ2) is 9.01. The van der Waals surface area contributed by atoms with Crippen molar-refractivity contribution in [3.05, 3.63) is 11.1 Å². The van der Waals surface area contributed by atoms with Crippen molar-refractivity contribution >= 4 is 28.3 Å². The van der Waals surface area contributed by atoms with Crippen LogP contribution < -0.4 is 10.2 Å². The van der Waals surface area contributed by atoms with Crippen LogP contribution in [0.2, 0.25) is 0 Å². The zero-order valence-electron chi connectivity index (χ0n) is 14.9. The first kappa shape index (κ1) is 18.7. The minimum atomic E-state index is -0.0617. The smallest absolute Gasteiger partial charge is 0.263 e. The third kappa shape index (κ3) is 4.47. The lowest BCUT2D eigenvalue weighted by molar-refractivity contribution is -0.135. The third-order valence-electron chi connectivity index (χ3n) is 4.37. The number of hydrogen-bond donors (Lipinski definition) is 1. The van der Waals surface area contributed by atoms with Gasteiger partial charge >= 0.3 is 0 Å². The van der Waals surface area contributed by atoms with E-state index < -0.39 is 0 Å². The molecule has 2 amide bonds. The predicted molar refractivity (Wildman–Crippen MR) is 97.6 cm³/mol. The van der Waals surface area contributed by atoms with Gasteiger partial charge in [-0.05, 0) is 33.1 Å². The highest BCUT2D eigenvalue weighted by Crippen LogP contribution is 2.28. The first-order chi connectivity index (χ1) is 11.6. The number of carbonyl (C=O) groups excluding carboxylic acids is 2. The maximum absolute atomic E-state index is 12.6. The van der Waals surface area contributed by atoms with Gasteiger partial charge in [-0.3, -0.25) is 9.59 Å². The van der Waals surface area contributed by atoms with Crippen LogP contribution in [0.1, 0.15) is 49.7 Å². The number of carbonyl (C=O) groups is 2. The standard InChI is InChI=1S/C17H28N4O2S/c1-4-9-18-15(22)14-11-19-17(24-14)21-10-7-8-13(12-21)16(23)20(5-2)6-3/h11,13H,4-10,12H2,1-3H3,(H,18,22). The summed E-state index contributed by atoms with van der Waals surface area (Å²) in [6, 6.07) is 0. The van der Waals surface area contributed by atoms with E-state index in [2.05, 4.69) is 15.2 Å². The van der Waals surface area contributed by atoms with Crippen molar-refractivity contribution in [3.8, 4) is 0 Å². The van der Waals surface area contributed by atoms with Crippen molar-refractivity contribution in [2.45, 2.75) is 40.0 Å². The number of rotatable bonds is 7. The number of thiazole rings is 1. The van der Waals surface area contributed by atoms with Gasteiger partial charge in [0.05, 0.1) is 12.1 Å². The highest BCUT2D eigenvalue weighted by atomic mass is 32.1. The Morgan fingerprint density at radius 3 is 2.79 bits per heavy atom. The zero-order chi connectivity index (χ0) is 17.5. The summed E-state index contributed by atoms with van der Waals surface area (Å²) in [7, 11) is 0. The molecular formula is C17H28N4O2S. The van der Waals surface area contributed by atoms with Crippen molar-refractivity contribution in [1.82, 2.24) is 15.2 Å². The number of piperidine rings is 1. The van der Waals surface area contributed by atoms with Crippen molar-refractivity contribution in [2.75, 3.05) is 37.6 Å². The van der Waals surface area contributed by atoms with Crippen molar-refractivity contribution in [2.24, 2.45) is 5.92 Å². The van der Waals surface area contributed by atoms with Crippen LogP contribution in [-0.2, 0) is 4.79 Å². The van der Waals surface area contributed by atoms with E-state index in [-0.39, 0.29) is 17.7 Å². The van der Waals surface area contributed by atoms with E-state index in [9.17, 15) is 9.59 Å². The van der Waals surface area contributed by atoms with Crippen LogP contribution in [-0.4, -0.2) is 54.4 Å². The molecule has 2 heterocycles. The van der Waals surface area contributed by atoms with Crippen molar-refractivity contribution in [1.29, 1.82) is 0 Å². The van der Waals surface area contributed by atoms with Gasteiger partial charge in [-0.2, -0.15) is 0 Å². The topological polar surface area (TPSA) is 65.5 Å². The quantitative estimate of drug-likeness (QED) is 0.818. The summed E-state index contributed by atoms with van der Waals surface area (Å²) in [6.07, 6.45) is 4.47. The average molecular weight is 353 g/mol. The largest absolute Gasteiger partial charge is 0.351 e. The fraction of sp³-hybridized carbons (Fsp3) is 0.706. The number of nitrogens with zero attached hydrogens (tertiary/aromatic N) is 3. The maximum Gasteiger partial charge on any atom is 0.263 e. The Labute approximate surface area is 148 Å². The highest BCUT2D eigenvalue weighted by Gasteiger charge is 2.29. The van der Waals surface area contributed by atoms with Gasteiger partial charge in [-0.25, -0.2) is 4.98 Å². The molecule has 1 aliphatic heterocycles. The van der Waals surface area contributed by atoms with E-state index in [1.807, 2.05) is 25.7 Å². The summed E-state index contributed by atoms with van der Waals surface area (Å²) in [5.41, 5.74) is 0. The predicted octanol–water partition coefficient (Wildman–Crippen LogP) is 2.37. The van der Waals surface area contributed by atoms with Crippen LogP contribution in [0.15, 0.2) is 6.20 Å². The van der Waals surface area contributed by atoms with E-state index in [0.717, 1.165) is 44.0 Å². The van der Waals surface area contributed by atoms with Gasteiger partial charge in [0.2, 0.25) is 5.91 Å². The fourth-order valence-corrected chi connectivity index (χ4v) is 3.85. The molecule has 1 aliphatic rings. The van der Waals surface area contributed by atoms with Gasteiger partial charge < -0.3 is 15.1 Å². The van der Waals surface area contributed by atoms with Gasteiger partial charge in [-0.15, -0.1) is 0 Å². The van der Waals surface area contributed by atoms with Crippen LogP contribution in [0.4, 0.5) is 5.13 Å². The molecule has 6 nitrogen and oxygen atoms in total. The molecule has 1 aromatic rings. The van der Waals surface area contributed by atoms with E-state index in [1.165, 1.54) is 11.3 Å². The summed E-state index contributed by atoms with van der Waals surface area (Å²) in [5.74, 6) is 0.204. The monoisotopic (exact) mass is 352 g/mol. The maximum atomic E-state index is 12.6. The van der Waals surface area contributed by atoms with Gasteiger partial charge in [-0.1, -0.05) is 18.3 Å². The Morgan fingerprint density at radius 1 is 1.38 bits per heavy atom. The van der Waals surface area contributed by atoms with Crippen LogP contribution in [0.25, 0.3) is 0 Å². The molecular weight excluding hydrogens is 324 g/mol. The summed E-state index contributed by atoms with van der Waals surface area (Å²) >= 11 is 1.41. The lowest BCUT2D eigenvalue weighted by Gasteiger charge is -2.34. The molecule has 1 N–H and O–H groups in total. The average Bonchev–Trinajstić information content (AvgIpc) is 3.11. The van der Waals surface area contributed by atoms with Gasteiger partial charge in [0.15, 0.2) is 5.13 Å². The number of anilines is 1. The van der Waals surface area contributed by atoms with Crippen molar-refractivity contribution < 1.29 is 9.59 Å². The third-order valence-corrected chi connectivity index (χ3v) is 5.43. The molecule has 0 spiro atoms. The molecule has 1 saturated heterocycles. The van der Waals surface area contributed by atoms with Crippen molar-refractivity contribution in [3.63, 3.8) is 0 Å². The number of hydrogen-bond acceptors (Lipinski definition) is 5. The lowest BCUT2D eigenvalue weighted by atomic mass is 9.97. The Morgan fingerprint density at radius 2 is 2.12 bits per heavy atom. The molecule has 2 rings (SSSR count). The van der Waals surface area contributed by atoms with Gasteiger partial charge in [0, 0.05) is 32.7 Å². The molecule has 0 aromatic carbocycles. The first-order valence-electron chi connectivity index (χ1n) is 8.88. The molecule has 1 fully saturated rings. The molecule has 1 unspecified atom stereocenters. The number of aromatic nitrogens is 1. The molecule has 24 heavy (non-hydrogen) atoms. The van der Waals surface area contributed by atoms with Crippen LogP contribution in [0.5, 0.6) is 0 Å². The molecule has 7 heteroatoms. The summed E-state index contributed by atoms with van der Waals surface area (Å²) < 4.78 is 0. The highest BCUT2D eigenvalue weighted by molar-refractivity contribution is 7.17. The normalized spacial score (nSPS) is 17.6. The Hall–Kier alpha value is -1.63. The second-order valence-electron chi connectivity index (χ2n) is 6.06. The van der Waals surface area contributed by atoms with Gasteiger partial charge in [0.1, 0.15) is 4.88 Å². The van der Waals surface area contributed by atoms with Crippen LogP contribution >= 0.6 is 11.3 Å². The second-order valence-corrected chi connectivity index (χ2v) is 7.07. The summed E-state index contributed by atoms with van der Waals surface area (Å²) in [5, 5.41) is 3.72. The van der Waals surface area contributed by atoms with Gasteiger partial charge in [0.25, 0.3) is 5.91 Å². The summed E-state index contributed by atoms with van der Waals surface area (Å²) in [6.45, 7) is 9.84. The molecule has 0 saturated carbocycles. The molecule has 0 bridgehead atoms. The molecule has 134 valence electrons. The molecule has 1 atom stereocenters. The Bertz CT molecular complexity index is 557. The molecule has 1 aromatic heterocycles. The van der Waals surface area contributed by atoms with E-state index in [4.69, 9.17) is 0 Å².